The molecule has 3 aromatic carbocycles. The van der Waals surface area contributed by atoms with Crippen molar-refractivity contribution in [1.29, 1.82) is 0 Å². The monoisotopic (exact) mass is 466 g/mol. The molecule has 2 N–H and O–H groups in total. The fourth-order valence-electron chi connectivity index (χ4n) is 3.74. The van der Waals surface area contributed by atoms with Gasteiger partial charge < -0.3 is 10.0 Å². The summed E-state index contributed by atoms with van der Waals surface area (Å²) < 4.78 is 55.0. The summed E-state index contributed by atoms with van der Waals surface area (Å²) in [5, 5.41) is 10.1. The summed E-state index contributed by atoms with van der Waals surface area (Å²) in [4.78, 5) is 12.7. The van der Waals surface area contributed by atoms with Crippen LogP contribution in [-0.2, 0) is 14.8 Å². The number of aliphatic carboxylic acids is 1. The number of anilines is 2. The Bertz CT molecular complexity index is 1300. The van der Waals surface area contributed by atoms with Crippen LogP contribution in [0.3, 0.4) is 0 Å². The van der Waals surface area contributed by atoms with Crippen molar-refractivity contribution in [2.45, 2.75) is 11.3 Å². The van der Waals surface area contributed by atoms with Crippen molar-refractivity contribution in [3.05, 3.63) is 65.2 Å². The van der Waals surface area contributed by atoms with E-state index in [9.17, 15) is 27.1 Å². The molecule has 0 radical (unpaired) electrons. The van der Waals surface area contributed by atoms with Crippen LogP contribution in [0.15, 0.2) is 53.4 Å². The summed E-state index contributed by atoms with van der Waals surface area (Å²) in [7, 11) is -4.31. The molecule has 162 valence electrons. The minimum absolute atomic E-state index is 0.231. The summed E-state index contributed by atoms with van der Waals surface area (Å²) in [6.45, 7) is 0.922. The lowest BCUT2D eigenvalue weighted by Crippen LogP contribution is -2.23. The van der Waals surface area contributed by atoms with E-state index in [-0.39, 0.29) is 5.69 Å². The van der Waals surface area contributed by atoms with Gasteiger partial charge in [0.2, 0.25) is 0 Å². The lowest BCUT2D eigenvalue weighted by Gasteiger charge is -2.22. The topological polar surface area (TPSA) is 86.7 Å². The third-order valence-corrected chi connectivity index (χ3v) is 7.12. The SMILES string of the molecule is O=C(O)[C@@H]1CCN(c2ccc(NS(=O)(=O)c3cc(F)c(F)cc3Cl)c3ccccc23)C1. The molecule has 1 heterocycles. The van der Waals surface area contributed by atoms with E-state index in [1.807, 2.05) is 4.90 Å². The first-order valence-corrected chi connectivity index (χ1v) is 11.2. The second-order valence-corrected chi connectivity index (χ2v) is 9.31. The molecule has 0 aromatic heterocycles. The van der Waals surface area contributed by atoms with E-state index >= 15 is 0 Å². The van der Waals surface area contributed by atoms with Gasteiger partial charge in [-0.3, -0.25) is 9.52 Å². The Balaban J connectivity index is 1.73. The third kappa shape index (κ3) is 4.03. The molecule has 1 fully saturated rings. The molecule has 0 aliphatic carbocycles. The lowest BCUT2D eigenvalue weighted by atomic mass is 10.1. The van der Waals surface area contributed by atoms with Gasteiger partial charge >= 0.3 is 5.97 Å². The fraction of sp³-hybridized carbons (Fsp3) is 0.190. The van der Waals surface area contributed by atoms with E-state index in [2.05, 4.69) is 4.72 Å². The molecular weight excluding hydrogens is 450 g/mol. The lowest BCUT2D eigenvalue weighted by molar-refractivity contribution is -0.140. The van der Waals surface area contributed by atoms with Gasteiger partial charge in [0.05, 0.1) is 16.6 Å². The van der Waals surface area contributed by atoms with Crippen molar-refractivity contribution in [2.24, 2.45) is 5.92 Å². The standard InChI is InChI=1S/C21H17ClF2N2O4S/c22-15-9-16(23)17(24)10-20(15)31(29,30)25-18-5-6-19(14-4-2-1-3-13(14)18)26-8-7-12(11-26)21(27)28/h1-6,9-10,12,25H,7-8,11H2,(H,27,28)/t12-/m1/s1. The number of hydrogen-bond donors (Lipinski definition) is 2. The Labute approximate surface area is 182 Å². The Kier molecular flexibility index (Phi) is 5.49. The average Bonchev–Trinajstić information content (AvgIpc) is 3.21. The number of benzene rings is 3. The van der Waals surface area contributed by atoms with Crippen molar-refractivity contribution >= 4 is 49.7 Å². The van der Waals surface area contributed by atoms with Crippen LogP contribution in [0.2, 0.25) is 5.02 Å². The van der Waals surface area contributed by atoms with Crippen LogP contribution >= 0.6 is 11.6 Å². The molecule has 1 aliphatic heterocycles. The van der Waals surface area contributed by atoms with Crippen molar-refractivity contribution in [2.75, 3.05) is 22.7 Å². The number of halogens is 3. The van der Waals surface area contributed by atoms with Crippen molar-refractivity contribution in [3.8, 4) is 0 Å². The Morgan fingerprint density at radius 3 is 2.45 bits per heavy atom. The first-order valence-electron chi connectivity index (χ1n) is 9.34. The molecule has 0 unspecified atom stereocenters. The second-order valence-electron chi connectivity index (χ2n) is 7.25. The molecule has 4 rings (SSSR count). The smallest absolute Gasteiger partial charge is 0.308 e. The zero-order valence-corrected chi connectivity index (χ0v) is 17.6. The zero-order chi connectivity index (χ0) is 22.3. The van der Waals surface area contributed by atoms with E-state index in [1.54, 1.807) is 36.4 Å². The number of nitrogens with one attached hydrogen (secondary N) is 1. The number of carboxylic acid groups (broad SMARTS) is 1. The fourth-order valence-corrected chi connectivity index (χ4v) is 5.35. The first-order chi connectivity index (χ1) is 14.7. The highest BCUT2D eigenvalue weighted by Gasteiger charge is 2.29. The minimum atomic E-state index is -4.31. The quantitative estimate of drug-likeness (QED) is 0.541. The van der Waals surface area contributed by atoms with Crippen LogP contribution in [0.5, 0.6) is 0 Å². The Hall–Kier alpha value is -2.91. The maximum absolute atomic E-state index is 13.6. The normalized spacial score (nSPS) is 16.6. The molecule has 10 heteroatoms. The maximum atomic E-state index is 13.6. The number of carboxylic acids is 1. The highest BCUT2D eigenvalue weighted by atomic mass is 35.5. The Morgan fingerprint density at radius 2 is 1.77 bits per heavy atom. The average molecular weight is 467 g/mol. The number of sulfonamides is 1. The molecule has 3 aromatic rings. The molecule has 0 amide bonds. The molecule has 0 bridgehead atoms. The number of fused-ring (bicyclic) bond motifs is 1. The molecule has 0 spiro atoms. The summed E-state index contributed by atoms with van der Waals surface area (Å²) in [5.74, 6) is -3.89. The molecule has 0 saturated carbocycles. The minimum Gasteiger partial charge on any atom is -0.481 e. The van der Waals surface area contributed by atoms with Crippen LogP contribution in [0.25, 0.3) is 10.8 Å². The third-order valence-electron chi connectivity index (χ3n) is 5.29. The number of hydrogen-bond acceptors (Lipinski definition) is 4. The van der Waals surface area contributed by atoms with E-state index in [0.717, 1.165) is 11.1 Å². The maximum Gasteiger partial charge on any atom is 0.308 e. The molecule has 1 atom stereocenters. The van der Waals surface area contributed by atoms with E-state index in [4.69, 9.17) is 11.6 Å². The van der Waals surface area contributed by atoms with Crippen LogP contribution in [0.4, 0.5) is 20.2 Å². The van der Waals surface area contributed by atoms with Gasteiger partial charge in [-0.25, -0.2) is 17.2 Å². The number of nitrogens with zero attached hydrogens (tertiary/aromatic N) is 1. The summed E-state index contributed by atoms with van der Waals surface area (Å²) in [5.41, 5.74) is 1.02. The van der Waals surface area contributed by atoms with Crippen molar-refractivity contribution < 1.29 is 27.1 Å². The number of rotatable bonds is 5. The van der Waals surface area contributed by atoms with E-state index in [0.29, 0.717) is 37.0 Å². The first kappa shape index (κ1) is 21.3. The highest BCUT2D eigenvalue weighted by Crippen LogP contribution is 2.36. The van der Waals surface area contributed by atoms with E-state index < -0.39 is 43.5 Å². The Morgan fingerprint density at radius 1 is 1.10 bits per heavy atom. The molecule has 1 saturated heterocycles. The molecular formula is C21H17ClF2N2O4S. The molecule has 6 nitrogen and oxygen atoms in total. The second kappa shape index (κ2) is 7.97. The van der Waals surface area contributed by atoms with Gasteiger partial charge in [-0.1, -0.05) is 35.9 Å². The summed E-state index contributed by atoms with van der Waals surface area (Å²) in [6.07, 6.45) is 0.521. The summed E-state index contributed by atoms with van der Waals surface area (Å²) >= 11 is 5.84. The van der Waals surface area contributed by atoms with Crippen LogP contribution in [0.1, 0.15) is 6.42 Å². The highest BCUT2D eigenvalue weighted by molar-refractivity contribution is 7.92. The van der Waals surface area contributed by atoms with Gasteiger partial charge in [0.1, 0.15) is 4.90 Å². The van der Waals surface area contributed by atoms with Gasteiger partial charge in [0.15, 0.2) is 11.6 Å². The van der Waals surface area contributed by atoms with Gasteiger partial charge in [-0.2, -0.15) is 0 Å². The molecule has 1 aliphatic rings. The predicted octanol–water partition coefficient (Wildman–Crippen LogP) is 4.48. The van der Waals surface area contributed by atoms with Gasteiger partial charge in [0.25, 0.3) is 10.0 Å². The van der Waals surface area contributed by atoms with Crippen LogP contribution in [-0.4, -0.2) is 32.6 Å². The van der Waals surface area contributed by atoms with Gasteiger partial charge in [-0.15, -0.1) is 0 Å². The summed E-state index contributed by atoms with van der Waals surface area (Å²) in [6, 6.07) is 11.5. The van der Waals surface area contributed by atoms with Crippen LogP contribution in [0, 0.1) is 17.6 Å². The van der Waals surface area contributed by atoms with Gasteiger partial charge in [-0.05, 0) is 30.7 Å². The van der Waals surface area contributed by atoms with Gasteiger partial charge in [0, 0.05) is 29.5 Å². The largest absolute Gasteiger partial charge is 0.481 e. The number of carbonyl (C=O) groups is 1. The van der Waals surface area contributed by atoms with Crippen LogP contribution < -0.4 is 9.62 Å². The van der Waals surface area contributed by atoms with E-state index in [1.165, 1.54) is 0 Å². The zero-order valence-electron chi connectivity index (χ0n) is 16.0. The van der Waals surface area contributed by atoms with Crippen molar-refractivity contribution in [3.63, 3.8) is 0 Å². The predicted molar refractivity (Wildman–Crippen MR) is 114 cm³/mol. The van der Waals surface area contributed by atoms with Crippen molar-refractivity contribution in [1.82, 2.24) is 0 Å². The molecule has 31 heavy (non-hydrogen) atoms.